The molecule has 0 radical (unpaired) electrons. The number of benzene rings is 1. The highest BCUT2D eigenvalue weighted by Gasteiger charge is 2.37. The molecule has 1 aliphatic carbocycles. The van der Waals surface area contributed by atoms with E-state index in [0.29, 0.717) is 18.0 Å². The summed E-state index contributed by atoms with van der Waals surface area (Å²) in [6, 6.07) is 4.58. The van der Waals surface area contributed by atoms with Crippen LogP contribution in [0.15, 0.2) is 23.1 Å². The summed E-state index contributed by atoms with van der Waals surface area (Å²) in [5, 5.41) is 0. The second kappa shape index (κ2) is 7.50. The minimum atomic E-state index is -3.67. The van der Waals surface area contributed by atoms with Gasteiger partial charge in [-0.3, -0.25) is 0 Å². The Morgan fingerprint density at radius 3 is 2.05 bits per heavy atom. The van der Waals surface area contributed by atoms with Gasteiger partial charge in [0.05, 0.1) is 19.1 Å². The second-order valence-electron chi connectivity index (χ2n) is 5.35. The van der Waals surface area contributed by atoms with Gasteiger partial charge in [-0.2, -0.15) is 0 Å². The summed E-state index contributed by atoms with van der Waals surface area (Å²) < 4.78 is 38.2. The molecule has 0 saturated heterocycles. The van der Waals surface area contributed by atoms with Crippen LogP contribution in [0, 0.1) is 0 Å². The van der Waals surface area contributed by atoms with E-state index in [1.165, 1.54) is 26.4 Å². The molecule has 1 fully saturated rings. The van der Waals surface area contributed by atoms with Gasteiger partial charge in [-0.05, 0) is 12.8 Å². The van der Waals surface area contributed by atoms with Crippen molar-refractivity contribution in [3.8, 4) is 11.5 Å². The van der Waals surface area contributed by atoms with Crippen LogP contribution in [0.4, 0.5) is 0 Å². The minimum Gasteiger partial charge on any atom is -0.497 e. The molecule has 126 valence electrons. The Hall–Kier alpha value is -1.02. The SMILES string of the molecule is COc1cc(OC)cc(S(=O)(=O)NC2(CN)CCCC2)c1.Cl. The topological polar surface area (TPSA) is 90.6 Å². The van der Waals surface area contributed by atoms with Gasteiger partial charge in [0, 0.05) is 30.3 Å². The molecule has 8 heteroatoms. The van der Waals surface area contributed by atoms with E-state index in [0.717, 1.165) is 25.7 Å². The summed E-state index contributed by atoms with van der Waals surface area (Å²) in [7, 11) is -0.703. The number of rotatable bonds is 6. The van der Waals surface area contributed by atoms with Crippen LogP contribution in [-0.4, -0.2) is 34.7 Å². The number of methoxy groups -OCH3 is 2. The third kappa shape index (κ3) is 4.04. The van der Waals surface area contributed by atoms with E-state index in [-0.39, 0.29) is 17.3 Å². The molecule has 1 aromatic rings. The van der Waals surface area contributed by atoms with Gasteiger partial charge in [0.25, 0.3) is 0 Å². The number of nitrogens with one attached hydrogen (secondary N) is 1. The van der Waals surface area contributed by atoms with Gasteiger partial charge in [0.15, 0.2) is 0 Å². The molecule has 0 aromatic heterocycles. The molecule has 2 rings (SSSR count). The predicted molar refractivity (Wildman–Crippen MR) is 87.4 cm³/mol. The van der Waals surface area contributed by atoms with E-state index in [1.807, 2.05) is 0 Å². The molecule has 3 N–H and O–H groups in total. The lowest BCUT2D eigenvalue weighted by Crippen LogP contribution is -2.51. The van der Waals surface area contributed by atoms with Crippen molar-refractivity contribution in [3.63, 3.8) is 0 Å². The van der Waals surface area contributed by atoms with Crippen molar-refractivity contribution in [3.05, 3.63) is 18.2 Å². The minimum absolute atomic E-state index is 0. The maximum Gasteiger partial charge on any atom is 0.241 e. The first kappa shape index (κ1) is 19.0. The summed E-state index contributed by atoms with van der Waals surface area (Å²) in [4.78, 5) is 0.124. The Morgan fingerprint density at radius 1 is 1.14 bits per heavy atom. The standard InChI is InChI=1S/C14H22N2O4S.ClH/c1-19-11-7-12(20-2)9-13(8-11)21(17,18)16-14(10-15)5-3-4-6-14;/h7-9,16H,3-6,10,15H2,1-2H3;1H. The number of hydrogen-bond donors (Lipinski definition) is 2. The number of sulfonamides is 1. The first-order chi connectivity index (χ1) is 9.94. The van der Waals surface area contributed by atoms with Crippen LogP contribution in [0.2, 0.25) is 0 Å². The molecule has 0 aliphatic heterocycles. The molecule has 1 aliphatic rings. The fraction of sp³-hybridized carbons (Fsp3) is 0.571. The van der Waals surface area contributed by atoms with E-state index in [9.17, 15) is 8.42 Å². The average Bonchev–Trinajstić information content (AvgIpc) is 2.95. The van der Waals surface area contributed by atoms with E-state index >= 15 is 0 Å². The molecule has 0 amide bonds. The number of ether oxygens (including phenoxy) is 2. The Kier molecular flexibility index (Phi) is 6.49. The number of nitrogens with two attached hydrogens (primary N) is 1. The smallest absolute Gasteiger partial charge is 0.241 e. The van der Waals surface area contributed by atoms with Gasteiger partial charge in [0.1, 0.15) is 11.5 Å². The van der Waals surface area contributed by atoms with Crippen LogP contribution >= 0.6 is 12.4 Å². The summed E-state index contributed by atoms with van der Waals surface area (Å²) >= 11 is 0. The molecular formula is C14H23ClN2O4S. The Morgan fingerprint density at radius 2 is 1.64 bits per heavy atom. The van der Waals surface area contributed by atoms with E-state index in [4.69, 9.17) is 15.2 Å². The quantitative estimate of drug-likeness (QED) is 0.814. The van der Waals surface area contributed by atoms with E-state index in [1.54, 1.807) is 6.07 Å². The Labute approximate surface area is 137 Å². The largest absolute Gasteiger partial charge is 0.497 e. The van der Waals surface area contributed by atoms with Gasteiger partial charge in [-0.25, -0.2) is 13.1 Å². The molecular weight excluding hydrogens is 328 g/mol. The third-order valence-corrected chi connectivity index (χ3v) is 5.50. The molecule has 1 aromatic carbocycles. The molecule has 22 heavy (non-hydrogen) atoms. The van der Waals surface area contributed by atoms with Crippen molar-refractivity contribution in [1.82, 2.24) is 4.72 Å². The lowest BCUT2D eigenvalue weighted by Gasteiger charge is -2.28. The monoisotopic (exact) mass is 350 g/mol. The van der Waals surface area contributed by atoms with Crippen molar-refractivity contribution in [2.75, 3.05) is 20.8 Å². The number of hydrogen-bond acceptors (Lipinski definition) is 5. The molecule has 1 saturated carbocycles. The lowest BCUT2D eigenvalue weighted by molar-refractivity contribution is 0.388. The maximum absolute atomic E-state index is 12.6. The van der Waals surface area contributed by atoms with Gasteiger partial charge < -0.3 is 15.2 Å². The second-order valence-corrected chi connectivity index (χ2v) is 7.03. The van der Waals surface area contributed by atoms with Crippen molar-refractivity contribution in [2.24, 2.45) is 5.73 Å². The van der Waals surface area contributed by atoms with Gasteiger partial charge >= 0.3 is 0 Å². The molecule has 6 nitrogen and oxygen atoms in total. The van der Waals surface area contributed by atoms with Crippen molar-refractivity contribution in [2.45, 2.75) is 36.1 Å². The fourth-order valence-corrected chi connectivity index (χ4v) is 4.20. The van der Waals surface area contributed by atoms with E-state index < -0.39 is 15.6 Å². The highest BCUT2D eigenvalue weighted by atomic mass is 35.5. The van der Waals surface area contributed by atoms with Gasteiger partial charge in [0.2, 0.25) is 10.0 Å². The molecule has 0 bridgehead atoms. The van der Waals surface area contributed by atoms with E-state index in [2.05, 4.69) is 4.72 Å². The first-order valence-electron chi connectivity index (χ1n) is 6.92. The Balaban J connectivity index is 0.00000242. The molecule has 0 unspecified atom stereocenters. The van der Waals surface area contributed by atoms with Crippen LogP contribution in [0.25, 0.3) is 0 Å². The lowest BCUT2D eigenvalue weighted by atomic mass is 10.0. The highest BCUT2D eigenvalue weighted by molar-refractivity contribution is 7.89. The van der Waals surface area contributed by atoms with Crippen molar-refractivity contribution in [1.29, 1.82) is 0 Å². The van der Waals surface area contributed by atoms with Crippen molar-refractivity contribution >= 4 is 22.4 Å². The summed E-state index contributed by atoms with van der Waals surface area (Å²) in [5.41, 5.74) is 5.26. The third-order valence-electron chi connectivity index (χ3n) is 3.94. The fourth-order valence-electron chi connectivity index (χ4n) is 2.68. The summed E-state index contributed by atoms with van der Waals surface area (Å²) in [6.45, 7) is 0.299. The Bertz CT molecular complexity index is 579. The van der Waals surface area contributed by atoms with Gasteiger partial charge in [-0.1, -0.05) is 12.8 Å². The molecule has 0 atom stereocenters. The average molecular weight is 351 g/mol. The van der Waals surface area contributed by atoms with Gasteiger partial charge in [-0.15, -0.1) is 12.4 Å². The van der Waals surface area contributed by atoms with Crippen LogP contribution in [0.3, 0.4) is 0 Å². The molecule has 0 heterocycles. The zero-order valence-electron chi connectivity index (χ0n) is 12.8. The van der Waals surface area contributed by atoms with Crippen molar-refractivity contribution < 1.29 is 17.9 Å². The van der Waals surface area contributed by atoms with Crippen LogP contribution in [0.5, 0.6) is 11.5 Å². The highest BCUT2D eigenvalue weighted by Crippen LogP contribution is 2.32. The molecule has 0 spiro atoms. The zero-order valence-corrected chi connectivity index (χ0v) is 14.4. The number of halogens is 1. The first-order valence-corrected chi connectivity index (χ1v) is 8.40. The van der Waals surface area contributed by atoms with Crippen LogP contribution in [-0.2, 0) is 10.0 Å². The summed E-state index contributed by atoms with van der Waals surface area (Å²) in [5.74, 6) is 0.867. The normalized spacial score (nSPS) is 16.9. The van der Waals surface area contributed by atoms with Crippen LogP contribution < -0.4 is 19.9 Å². The predicted octanol–water partition coefficient (Wildman–Crippen LogP) is 1.68. The van der Waals surface area contributed by atoms with Crippen LogP contribution in [0.1, 0.15) is 25.7 Å². The zero-order chi connectivity index (χ0) is 15.5. The maximum atomic E-state index is 12.6. The summed E-state index contributed by atoms with van der Waals surface area (Å²) in [6.07, 6.45) is 3.51.